The van der Waals surface area contributed by atoms with Crippen LogP contribution in [0.1, 0.15) is 12.8 Å². The zero-order chi connectivity index (χ0) is 20.5. The van der Waals surface area contributed by atoms with Gasteiger partial charge in [-0.2, -0.15) is 4.31 Å². The predicted molar refractivity (Wildman–Crippen MR) is 98.3 cm³/mol. The fourth-order valence-corrected chi connectivity index (χ4v) is 6.43. The molecule has 0 unspecified atom stereocenters. The monoisotopic (exact) mass is 431 g/mol. The fourth-order valence-electron chi connectivity index (χ4n) is 3.15. The normalized spacial score (nSPS) is 16.8. The Morgan fingerprint density at radius 2 is 1.57 bits per heavy atom. The molecule has 0 spiro atoms. The first-order valence-corrected chi connectivity index (χ1v) is 11.5. The van der Waals surface area contributed by atoms with Crippen LogP contribution in [-0.4, -0.2) is 46.6 Å². The van der Waals surface area contributed by atoms with Crippen molar-refractivity contribution in [3.05, 3.63) is 54.1 Å². The van der Waals surface area contributed by atoms with Crippen LogP contribution >= 0.6 is 0 Å². The molecule has 0 N–H and O–H groups in total. The van der Waals surface area contributed by atoms with Crippen LogP contribution in [-0.2, 0) is 19.9 Å². The van der Waals surface area contributed by atoms with E-state index in [-0.39, 0.29) is 30.8 Å². The Morgan fingerprint density at radius 1 is 0.964 bits per heavy atom. The lowest BCUT2D eigenvalue weighted by Crippen LogP contribution is -2.42. The number of halogens is 2. The van der Waals surface area contributed by atoms with E-state index in [9.17, 15) is 25.6 Å². The lowest BCUT2D eigenvalue weighted by atomic mass is 10.2. The maximum Gasteiger partial charge on any atom is 0.246 e. The van der Waals surface area contributed by atoms with Crippen molar-refractivity contribution in [3.63, 3.8) is 0 Å². The molecule has 1 heterocycles. The Balaban J connectivity index is 1.77. The number of piperidine rings is 1. The highest BCUT2D eigenvalue weighted by Crippen LogP contribution is 2.29. The highest BCUT2D eigenvalue weighted by atomic mass is 32.2. The molecule has 2 aromatic rings. The SMILES string of the molecule is COc1ccc(S(=O)(=O)C2CCN(S(=O)(=O)c3cc(F)ccc3F)CC2)cc1. The minimum absolute atomic E-state index is 0.0600. The molecule has 0 radical (unpaired) electrons. The van der Waals surface area contributed by atoms with E-state index in [4.69, 9.17) is 4.74 Å². The maximum absolute atomic E-state index is 13.9. The average Bonchev–Trinajstić information content (AvgIpc) is 2.70. The topological polar surface area (TPSA) is 80.8 Å². The van der Waals surface area contributed by atoms with Gasteiger partial charge in [-0.15, -0.1) is 0 Å². The van der Waals surface area contributed by atoms with Crippen LogP contribution in [0.25, 0.3) is 0 Å². The second-order valence-corrected chi connectivity index (χ2v) is 10.5. The summed E-state index contributed by atoms with van der Waals surface area (Å²) < 4.78 is 84.1. The van der Waals surface area contributed by atoms with Gasteiger partial charge in [-0.1, -0.05) is 0 Å². The van der Waals surface area contributed by atoms with Gasteiger partial charge in [0.25, 0.3) is 0 Å². The van der Waals surface area contributed by atoms with Gasteiger partial charge in [0, 0.05) is 13.1 Å². The van der Waals surface area contributed by atoms with Crippen LogP contribution in [0.4, 0.5) is 8.78 Å². The molecule has 2 aromatic carbocycles. The molecule has 0 aliphatic carbocycles. The molecular weight excluding hydrogens is 412 g/mol. The molecule has 0 atom stereocenters. The molecule has 0 saturated carbocycles. The first-order chi connectivity index (χ1) is 13.2. The number of sulfonamides is 1. The molecular formula is C18H19F2NO5S2. The van der Waals surface area contributed by atoms with E-state index in [1.165, 1.54) is 19.2 Å². The van der Waals surface area contributed by atoms with Crippen LogP contribution < -0.4 is 4.74 Å². The van der Waals surface area contributed by atoms with E-state index in [1.54, 1.807) is 12.1 Å². The molecule has 10 heteroatoms. The summed E-state index contributed by atoms with van der Waals surface area (Å²) in [7, 11) is -6.42. The summed E-state index contributed by atoms with van der Waals surface area (Å²) >= 11 is 0. The first-order valence-electron chi connectivity index (χ1n) is 8.49. The van der Waals surface area contributed by atoms with Gasteiger partial charge in [-0.05, 0) is 55.3 Å². The minimum Gasteiger partial charge on any atom is -0.497 e. The van der Waals surface area contributed by atoms with Crippen molar-refractivity contribution in [2.75, 3.05) is 20.2 Å². The Labute approximate surface area is 162 Å². The largest absolute Gasteiger partial charge is 0.497 e. The van der Waals surface area contributed by atoms with Crippen molar-refractivity contribution in [1.29, 1.82) is 0 Å². The van der Waals surface area contributed by atoms with Crippen molar-refractivity contribution in [3.8, 4) is 5.75 Å². The summed E-state index contributed by atoms with van der Waals surface area (Å²) in [4.78, 5) is -0.616. The van der Waals surface area contributed by atoms with E-state index in [0.29, 0.717) is 11.8 Å². The van der Waals surface area contributed by atoms with Gasteiger partial charge in [0.2, 0.25) is 10.0 Å². The zero-order valence-corrected chi connectivity index (χ0v) is 16.6. The Hall–Kier alpha value is -2.04. The maximum atomic E-state index is 13.9. The second-order valence-electron chi connectivity index (χ2n) is 6.40. The molecule has 0 bridgehead atoms. The average molecular weight is 431 g/mol. The van der Waals surface area contributed by atoms with E-state index in [1.807, 2.05) is 0 Å². The number of rotatable bonds is 5. The summed E-state index contributed by atoms with van der Waals surface area (Å²) in [6.45, 7) is -0.198. The molecule has 6 nitrogen and oxygen atoms in total. The van der Waals surface area contributed by atoms with Crippen molar-refractivity contribution < 1.29 is 30.4 Å². The lowest BCUT2D eigenvalue weighted by Gasteiger charge is -2.31. The molecule has 152 valence electrons. The van der Waals surface area contributed by atoms with Gasteiger partial charge >= 0.3 is 0 Å². The quantitative estimate of drug-likeness (QED) is 0.727. The third-order valence-electron chi connectivity index (χ3n) is 4.74. The molecule has 0 aromatic heterocycles. The van der Waals surface area contributed by atoms with Crippen molar-refractivity contribution in [2.24, 2.45) is 0 Å². The summed E-state index contributed by atoms with van der Waals surface area (Å²) in [5.41, 5.74) is 0. The van der Waals surface area contributed by atoms with Crippen molar-refractivity contribution >= 4 is 19.9 Å². The van der Waals surface area contributed by atoms with Gasteiger partial charge in [0.05, 0.1) is 17.3 Å². The Morgan fingerprint density at radius 3 is 2.14 bits per heavy atom. The number of hydrogen-bond donors (Lipinski definition) is 0. The zero-order valence-electron chi connectivity index (χ0n) is 15.0. The van der Waals surface area contributed by atoms with E-state index >= 15 is 0 Å². The summed E-state index contributed by atoms with van der Waals surface area (Å²) in [6, 6.07) is 8.19. The fraction of sp³-hybridized carbons (Fsp3) is 0.333. The second kappa shape index (κ2) is 7.76. The molecule has 1 aliphatic heterocycles. The number of hydrogen-bond acceptors (Lipinski definition) is 5. The number of ether oxygens (including phenoxy) is 1. The Kier molecular flexibility index (Phi) is 5.74. The summed E-state index contributed by atoms with van der Waals surface area (Å²) in [5.74, 6) is -1.39. The molecule has 1 saturated heterocycles. The number of nitrogens with zero attached hydrogens (tertiary/aromatic N) is 1. The van der Waals surface area contributed by atoms with Crippen LogP contribution in [0.15, 0.2) is 52.3 Å². The van der Waals surface area contributed by atoms with Gasteiger partial charge in [-0.3, -0.25) is 0 Å². The Bertz CT molecular complexity index is 1060. The molecule has 28 heavy (non-hydrogen) atoms. The highest BCUT2D eigenvalue weighted by Gasteiger charge is 2.36. The number of sulfone groups is 1. The smallest absolute Gasteiger partial charge is 0.246 e. The third kappa shape index (κ3) is 3.89. The van der Waals surface area contributed by atoms with Crippen LogP contribution in [0, 0.1) is 11.6 Å². The van der Waals surface area contributed by atoms with E-state index in [2.05, 4.69) is 0 Å². The molecule has 1 fully saturated rings. The van der Waals surface area contributed by atoms with Crippen molar-refractivity contribution in [1.82, 2.24) is 4.31 Å². The van der Waals surface area contributed by atoms with Crippen LogP contribution in [0.3, 0.4) is 0 Å². The minimum atomic E-state index is -4.25. The predicted octanol–water partition coefficient (Wildman–Crippen LogP) is 2.60. The lowest BCUT2D eigenvalue weighted by molar-refractivity contribution is 0.343. The number of benzene rings is 2. The standard InChI is InChI=1S/C18H19F2NO5S2/c1-26-14-3-5-15(6-4-14)27(22,23)16-8-10-21(11-9-16)28(24,25)18-12-13(19)2-7-17(18)20/h2-7,12,16H,8-11H2,1H3. The number of methoxy groups -OCH3 is 1. The molecule has 0 amide bonds. The first kappa shape index (κ1) is 20.7. The molecule has 3 rings (SSSR count). The third-order valence-corrected chi connectivity index (χ3v) is 8.93. The van der Waals surface area contributed by atoms with Crippen LogP contribution in [0.5, 0.6) is 5.75 Å². The summed E-state index contributed by atoms with van der Waals surface area (Å²) in [5, 5.41) is -0.760. The van der Waals surface area contributed by atoms with Crippen LogP contribution in [0.2, 0.25) is 0 Å². The molecule has 1 aliphatic rings. The highest BCUT2D eigenvalue weighted by molar-refractivity contribution is 7.92. The van der Waals surface area contributed by atoms with E-state index < -0.39 is 41.6 Å². The van der Waals surface area contributed by atoms with Gasteiger partial charge in [-0.25, -0.2) is 25.6 Å². The van der Waals surface area contributed by atoms with E-state index in [0.717, 1.165) is 16.4 Å². The van der Waals surface area contributed by atoms with Crippen molar-refractivity contribution in [2.45, 2.75) is 27.9 Å². The van der Waals surface area contributed by atoms with Gasteiger partial charge < -0.3 is 4.74 Å². The summed E-state index contributed by atoms with van der Waals surface area (Å²) in [6.07, 6.45) is 0.120. The van der Waals surface area contributed by atoms with Gasteiger partial charge in [0.15, 0.2) is 9.84 Å². The van der Waals surface area contributed by atoms with Gasteiger partial charge in [0.1, 0.15) is 22.3 Å².